The molecule has 14 rings (SSSR count). The van der Waals surface area contributed by atoms with E-state index in [0.717, 1.165) is 91.9 Å². The number of carbonyl (C=O) groups excluding carboxylic acids is 7. The Balaban J connectivity index is 1.10. The molecule has 7 aromatic carbocycles. The second-order valence-corrected chi connectivity index (χ2v) is 24.6. The van der Waals surface area contributed by atoms with Crippen LogP contribution in [0, 0.1) is 0 Å². The standard InChI is InChI=1S/C66H56Cl2N10O23/c1-23(80)70-53-57(88)56(87)46(22-79)100-66(53)101-58-27-5-9-42(36(68)15-27)99-45-18-29-17-44(55(45)86)98-41-8-2-24(10-35(41)67)11-37-59(89)72-49(28-12-30(81)19-32(13-28)97-43-16-26(4-7-39(43)84)51(77-78-69)63(93)71-37)61(91)74-50(29)62(92)73-48-25-3-6-38(83)33(14-25)47-34(20-31(82)21-40(47)85)52(65(95)96)75-64(94)54(58)76-60(48)90/h2-10,12-21,37,46,48-54,56-58,66,79,81-88H,11,22H2,1H3,(H,70,80)(H,71,93)(H,72,89)(H,73,92)(H,74,91)(H,75,94)(H,76,90)(H,95,96)/t37-,46-,48-,49+,50-,51+,52-,53-,54+,56-,57-,58-,66+/m1/s1. The molecule has 7 amide bonds. The van der Waals surface area contributed by atoms with E-state index in [1.54, 1.807) is 0 Å². The summed E-state index contributed by atoms with van der Waals surface area (Å²) in [5, 5.41) is 133. The SMILES string of the molecule is CC(=O)N[C@H]1[C@H](O[C@@H]2c3ccc(c(Cl)c3)Oc3cc4cc(c3O)Oc3ccc(cc3Cl)C[C@H]3NC(=O)[C@@H](N=[N+]=[N-])c5ccc(O)c(c5)Oc5cc(O)cc(c5)[C@H](NC3=O)C(=O)N[C@H]4C(=O)N[C@H]3C(=O)N[C@@H]2C(=O)N[C@@H](C(=O)O)c2cc(O)cc(O)c2-c2cc3ccc2O)O[C@H](CO)[C@@H](O)[C@@H]1O. The lowest BCUT2D eigenvalue weighted by molar-refractivity contribution is -0.284. The van der Waals surface area contributed by atoms with Crippen LogP contribution in [0.2, 0.25) is 10.0 Å². The van der Waals surface area contributed by atoms with Crippen LogP contribution < -0.4 is 51.4 Å². The maximum absolute atomic E-state index is 16.1. The number of carbonyl (C=O) groups is 8. The molecule has 35 heteroatoms. The predicted molar refractivity (Wildman–Crippen MR) is 344 cm³/mol. The quantitative estimate of drug-likeness (QED) is 0.0626. The van der Waals surface area contributed by atoms with Crippen molar-refractivity contribution in [3.8, 4) is 80.1 Å². The highest BCUT2D eigenvalue weighted by molar-refractivity contribution is 6.32. The number of carboxylic acids is 1. The van der Waals surface area contributed by atoms with Crippen molar-refractivity contribution in [2.75, 3.05) is 6.61 Å². The number of nitrogens with one attached hydrogen (secondary N) is 7. The van der Waals surface area contributed by atoms with E-state index in [1.807, 2.05) is 0 Å². The molecule has 0 aromatic heterocycles. The van der Waals surface area contributed by atoms with Crippen LogP contribution in [0.4, 0.5) is 0 Å². The lowest BCUT2D eigenvalue weighted by atomic mass is 9.89. The van der Waals surface area contributed by atoms with Crippen molar-refractivity contribution in [1.29, 1.82) is 0 Å². The van der Waals surface area contributed by atoms with Crippen molar-refractivity contribution in [3.63, 3.8) is 0 Å². The average Bonchev–Trinajstić information content (AvgIpc) is 0.770. The van der Waals surface area contributed by atoms with Gasteiger partial charge in [-0.15, -0.1) is 0 Å². The van der Waals surface area contributed by atoms with Gasteiger partial charge < -0.3 is 112 Å². The molecule has 1 fully saturated rings. The average molecular weight is 1430 g/mol. The summed E-state index contributed by atoms with van der Waals surface area (Å²) in [5.41, 5.74) is 6.77. The first kappa shape index (κ1) is 69.1. The van der Waals surface area contributed by atoms with E-state index in [-0.39, 0.29) is 50.3 Å². The second kappa shape index (κ2) is 27.8. The number of aliphatic hydroxyl groups excluding tert-OH is 3. The topological polar surface area (TPSA) is 518 Å². The third-order valence-electron chi connectivity index (χ3n) is 17.0. The summed E-state index contributed by atoms with van der Waals surface area (Å²) in [7, 11) is 0. The number of benzene rings is 7. The fourth-order valence-electron chi connectivity index (χ4n) is 12.2. The van der Waals surface area contributed by atoms with Crippen LogP contribution in [-0.2, 0) is 54.3 Å². The van der Waals surface area contributed by atoms with E-state index < -0.39 is 218 Å². The van der Waals surface area contributed by atoms with Crippen LogP contribution in [0.15, 0.2) is 120 Å². The van der Waals surface area contributed by atoms with E-state index in [4.69, 9.17) is 46.9 Å². The molecule has 522 valence electrons. The number of nitrogens with zero attached hydrogens (tertiary/aromatic N) is 3. The number of hydrogen-bond donors (Lipinski definition) is 17. The van der Waals surface area contributed by atoms with Gasteiger partial charge in [-0.3, -0.25) is 33.6 Å². The molecule has 0 unspecified atom stereocenters. The molecule has 0 saturated carbocycles. The van der Waals surface area contributed by atoms with Gasteiger partial charge in [-0.05, 0) is 118 Å². The molecule has 7 aliphatic rings. The Labute approximate surface area is 577 Å². The van der Waals surface area contributed by atoms with Gasteiger partial charge >= 0.3 is 5.97 Å². The number of hydrogen-bond acceptors (Lipinski definition) is 23. The number of amides is 7. The highest BCUT2D eigenvalue weighted by atomic mass is 35.5. The van der Waals surface area contributed by atoms with Crippen LogP contribution in [0.25, 0.3) is 21.6 Å². The molecule has 17 N–H and O–H groups in total. The number of rotatable bonds is 6. The summed E-state index contributed by atoms with van der Waals surface area (Å²) in [6, 6.07) is 3.91. The Morgan fingerprint density at radius 3 is 1.86 bits per heavy atom. The lowest BCUT2D eigenvalue weighted by Gasteiger charge is -2.44. The zero-order valence-corrected chi connectivity index (χ0v) is 53.3. The Kier molecular flexibility index (Phi) is 19.0. The van der Waals surface area contributed by atoms with Crippen molar-refractivity contribution in [2.24, 2.45) is 5.11 Å². The molecule has 1 saturated heterocycles. The molecule has 7 heterocycles. The minimum absolute atomic E-state index is 0.0542. The van der Waals surface area contributed by atoms with Crippen molar-refractivity contribution in [2.45, 2.75) is 92.4 Å². The molecule has 0 radical (unpaired) electrons. The number of carboxylic acid groups (broad SMARTS) is 1. The van der Waals surface area contributed by atoms with Crippen LogP contribution in [0.1, 0.15) is 82.2 Å². The number of fused-ring (bicyclic) bond motifs is 14. The Morgan fingerprint density at radius 1 is 0.604 bits per heavy atom. The second-order valence-electron chi connectivity index (χ2n) is 23.8. The van der Waals surface area contributed by atoms with Gasteiger partial charge in [0, 0.05) is 47.1 Å². The van der Waals surface area contributed by atoms with Crippen molar-refractivity contribution < 1.29 is 113 Å². The number of phenolic OH excluding ortho intramolecular Hbond substituents is 6. The summed E-state index contributed by atoms with van der Waals surface area (Å²) in [5.74, 6) is -17.7. The predicted octanol–water partition coefficient (Wildman–Crippen LogP) is 4.30. The zero-order valence-electron chi connectivity index (χ0n) is 51.8. The van der Waals surface area contributed by atoms with E-state index >= 15 is 24.0 Å². The smallest absolute Gasteiger partial charge is 0.330 e. The third-order valence-corrected chi connectivity index (χ3v) is 17.6. The molecular weight excluding hydrogens is 1370 g/mol. The Bertz CT molecular complexity index is 4670. The van der Waals surface area contributed by atoms with Crippen LogP contribution in [0.5, 0.6) is 69.0 Å². The summed E-state index contributed by atoms with van der Waals surface area (Å²) in [4.78, 5) is 122. The number of azide groups is 1. The van der Waals surface area contributed by atoms with E-state index in [2.05, 4.69) is 47.2 Å². The van der Waals surface area contributed by atoms with Crippen LogP contribution in [-0.4, -0.2) is 148 Å². The number of aliphatic carboxylic acids is 1. The lowest BCUT2D eigenvalue weighted by Crippen LogP contribution is -2.65. The molecule has 0 aliphatic carbocycles. The summed E-state index contributed by atoms with van der Waals surface area (Å²) >= 11 is 14.0. The van der Waals surface area contributed by atoms with Gasteiger partial charge in [0.1, 0.15) is 107 Å². The highest BCUT2D eigenvalue weighted by Gasteiger charge is 2.49. The molecule has 7 aromatic rings. The highest BCUT2D eigenvalue weighted by Crippen LogP contribution is 2.49. The van der Waals surface area contributed by atoms with Gasteiger partial charge in [-0.2, -0.15) is 0 Å². The van der Waals surface area contributed by atoms with Crippen LogP contribution >= 0.6 is 23.2 Å². The number of aromatic hydroxyl groups is 6. The van der Waals surface area contributed by atoms with E-state index in [0.29, 0.717) is 0 Å². The third kappa shape index (κ3) is 13.9. The zero-order chi connectivity index (χ0) is 72.2. The molecule has 17 bridgehead atoms. The summed E-state index contributed by atoms with van der Waals surface area (Å²) < 4.78 is 31.1. The Morgan fingerprint density at radius 2 is 1.21 bits per heavy atom. The molecule has 101 heavy (non-hydrogen) atoms. The van der Waals surface area contributed by atoms with Crippen molar-refractivity contribution in [3.05, 3.63) is 175 Å². The first-order valence-electron chi connectivity index (χ1n) is 30.3. The molecule has 0 spiro atoms. The number of ether oxygens (including phenoxy) is 5. The van der Waals surface area contributed by atoms with Crippen molar-refractivity contribution >= 4 is 70.5 Å². The monoisotopic (exact) mass is 1430 g/mol. The van der Waals surface area contributed by atoms with Gasteiger partial charge in [0.25, 0.3) is 0 Å². The maximum Gasteiger partial charge on any atom is 0.330 e. The first-order valence-corrected chi connectivity index (χ1v) is 31.1. The fourth-order valence-corrected chi connectivity index (χ4v) is 12.7. The van der Waals surface area contributed by atoms with Gasteiger partial charge in [0.15, 0.2) is 35.3 Å². The number of aliphatic hydroxyl groups is 3. The summed E-state index contributed by atoms with van der Waals surface area (Å²) in [6.07, 6.45) is -10.3. The first-order chi connectivity index (χ1) is 48.1. The van der Waals surface area contributed by atoms with E-state index in [1.165, 1.54) is 30.3 Å². The number of phenols is 6. The Hall–Kier alpha value is -11.8. The van der Waals surface area contributed by atoms with Crippen molar-refractivity contribution in [1.82, 2.24) is 37.2 Å². The minimum Gasteiger partial charge on any atom is -0.508 e. The van der Waals surface area contributed by atoms with Gasteiger partial charge in [0.2, 0.25) is 47.1 Å². The maximum atomic E-state index is 16.1. The van der Waals surface area contributed by atoms with Gasteiger partial charge in [0.05, 0.1) is 16.7 Å². The van der Waals surface area contributed by atoms with E-state index in [9.17, 15) is 71.0 Å². The molecule has 13 atom stereocenters. The molecular formula is C66H56Cl2N10O23. The van der Waals surface area contributed by atoms with Crippen LogP contribution in [0.3, 0.4) is 0 Å². The number of halogens is 2. The largest absolute Gasteiger partial charge is 0.508 e. The fraction of sp³-hybridized carbons (Fsp3) is 0.242. The molecule has 33 nitrogen and oxygen atoms in total. The van der Waals surface area contributed by atoms with Gasteiger partial charge in [-0.1, -0.05) is 52.6 Å². The normalized spacial score (nSPS) is 24.8. The summed E-state index contributed by atoms with van der Waals surface area (Å²) in [6.45, 7) is 0.00911. The molecule has 7 aliphatic heterocycles. The minimum atomic E-state index is -2.40. The van der Waals surface area contributed by atoms with Gasteiger partial charge in [-0.25, -0.2) is 4.79 Å².